The molecule has 0 radical (unpaired) electrons. The summed E-state index contributed by atoms with van der Waals surface area (Å²) in [5, 5.41) is 17.1. The highest BCUT2D eigenvalue weighted by Crippen LogP contribution is 2.35. The summed E-state index contributed by atoms with van der Waals surface area (Å²) in [4.78, 5) is 14.6. The Morgan fingerprint density at radius 2 is 2.00 bits per heavy atom. The molecule has 1 aromatic carbocycles. The molecule has 28 heavy (non-hydrogen) atoms. The topological polar surface area (TPSA) is 80.5 Å². The van der Waals surface area contributed by atoms with Crippen molar-refractivity contribution in [2.24, 2.45) is 5.92 Å². The molecule has 7 nitrogen and oxygen atoms in total. The molecule has 1 heterocycles. The number of hydrogen-bond donors (Lipinski definition) is 5. The largest absolute Gasteiger partial charge is 0.321 e. The maximum Gasteiger partial charge on any atom is 0.321 e. The SMILES string of the molecule is CN(C)CCCNC1CC(C2CC2)NC(NC(=O)Nc2ccc(Cl)c(Cl)c2)N1. The highest BCUT2D eigenvalue weighted by Gasteiger charge is 2.37. The van der Waals surface area contributed by atoms with Crippen LogP contribution in [0.1, 0.15) is 25.7 Å². The summed E-state index contributed by atoms with van der Waals surface area (Å²) in [7, 11) is 4.16. The highest BCUT2D eigenvalue weighted by atomic mass is 35.5. The van der Waals surface area contributed by atoms with Gasteiger partial charge >= 0.3 is 6.03 Å². The lowest BCUT2D eigenvalue weighted by Crippen LogP contribution is -2.68. The lowest BCUT2D eigenvalue weighted by molar-refractivity contribution is 0.177. The van der Waals surface area contributed by atoms with E-state index in [1.165, 1.54) is 12.8 Å². The normalized spacial score (nSPS) is 25.0. The summed E-state index contributed by atoms with van der Waals surface area (Å²) in [6, 6.07) is 5.12. The molecule has 0 aromatic heterocycles. The van der Waals surface area contributed by atoms with Crippen molar-refractivity contribution in [2.45, 2.75) is 44.2 Å². The van der Waals surface area contributed by atoms with Crippen LogP contribution in [-0.4, -0.2) is 56.6 Å². The number of benzene rings is 1. The summed E-state index contributed by atoms with van der Waals surface area (Å²) in [5.74, 6) is 0.704. The number of carbonyl (C=O) groups excluding carboxylic acids is 1. The maximum absolute atomic E-state index is 12.4. The second-order valence-electron chi connectivity index (χ2n) is 7.84. The predicted molar refractivity (Wildman–Crippen MR) is 115 cm³/mol. The minimum absolute atomic E-state index is 0.171. The van der Waals surface area contributed by atoms with Crippen LogP contribution in [0, 0.1) is 5.92 Å². The van der Waals surface area contributed by atoms with Crippen molar-refractivity contribution >= 4 is 34.9 Å². The number of carbonyl (C=O) groups is 1. The highest BCUT2D eigenvalue weighted by molar-refractivity contribution is 6.42. The monoisotopic (exact) mass is 428 g/mol. The zero-order chi connectivity index (χ0) is 20.1. The molecule has 1 saturated heterocycles. The molecule has 3 unspecified atom stereocenters. The van der Waals surface area contributed by atoms with Gasteiger partial charge in [-0.2, -0.15) is 0 Å². The van der Waals surface area contributed by atoms with E-state index >= 15 is 0 Å². The second-order valence-corrected chi connectivity index (χ2v) is 8.65. The van der Waals surface area contributed by atoms with Gasteiger partial charge in [0.2, 0.25) is 0 Å². The fourth-order valence-electron chi connectivity index (χ4n) is 3.45. The smallest absolute Gasteiger partial charge is 0.310 e. The summed E-state index contributed by atoms with van der Waals surface area (Å²) < 4.78 is 0. The van der Waals surface area contributed by atoms with E-state index in [2.05, 4.69) is 45.6 Å². The van der Waals surface area contributed by atoms with Crippen LogP contribution in [0.4, 0.5) is 10.5 Å². The van der Waals surface area contributed by atoms with Gasteiger partial charge in [-0.25, -0.2) is 4.79 Å². The van der Waals surface area contributed by atoms with E-state index in [1.807, 2.05) is 0 Å². The third-order valence-electron chi connectivity index (χ3n) is 5.06. The van der Waals surface area contributed by atoms with E-state index in [0.29, 0.717) is 27.7 Å². The quantitative estimate of drug-likeness (QED) is 0.411. The number of anilines is 1. The van der Waals surface area contributed by atoms with E-state index < -0.39 is 0 Å². The average Bonchev–Trinajstić information content (AvgIpc) is 3.47. The summed E-state index contributed by atoms with van der Waals surface area (Å²) in [6.07, 6.45) is 4.49. The first-order chi connectivity index (χ1) is 13.4. The van der Waals surface area contributed by atoms with Crippen molar-refractivity contribution in [1.29, 1.82) is 0 Å². The average molecular weight is 429 g/mol. The van der Waals surface area contributed by atoms with Gasteiger partial charge in [-0.3, -0.25) is 10.6 Å². The van der Waals surface area contributed by atoms with E-state index in [4.69, 9.17) is 23.2 Å². The van der Waals surface area contributed by atoms with Crippen molar-refractivity contribution < 1.29 is 4.79 Å². The molecule has 0 bridgehead atoms. The molecule has 5 N–H and O–H groups in total. The predicted octanol–water partition coefficient (Wildman–Crippen LogP) is 2.63. The number of hydrogen-bond acceptors (Lipinski definition) is 5. The summed E-state index contributed by atoms with van der Waals surface area (Å²) in [6.45, 7) is 1.99. The van der Waals surface area contributed by atoms with Crippen LogP contribution in [0.2, 0.25) is 10.0 Å². The molecule has 2 amide bonds. The molecule has 1 aliphatic carbocycles. The number of amides is 2. The zero-order valence-electron chi connectivity index (χ0n) is 16.4. The molecule has 3 atom stereocenters. The first kappa shape index (κ1) is 21.6. The Balaban J connectivity index is 1.50. The van der Waals surface area contributed by atoms with E-state index in [9.17, 15) is 4.79 Å². The molecule has 1 aliphatic heterocycles. The molecular weight excluding hydrogens is 399 g/mol. The van der Waals surface area contributed by atoms with Gasteiger partial charge in [0, 0.05) is 11.7 Å². The zero-order valence-corrected chi connectivity index (χ0v) is 17.9. The van der Waals surface area contributed by atoms with Crippen molar-refractivity contribution in [3.8, 4) is 0 Å². The number of urea groups is 1. The third kappa shape index (κ3) is 6.76. The lowest BCUT2D eigenvalue weighted by Gasteiger charge is -2.38. The van der Waals surface area contributed by atoms with Crippen LogP contribution >= 0.6 is 23.2 Å². The van der Waals surface area contributed by atoms with E-state index in [-0.39, 0.29) is 18.5 Å². The fourth-order valence-corrected chi connectivity index (χ4v) is 3.75. The molecule has 2 aliphatic rings. The first-order valence-electron chi connectivity index (χ1n) is 9.83. The third-order valence-corrected chi connectivity index (χ3v) is 5.79. The number of nitrogens with one attached hydrogen (secondary N) is 5. The van der Waals surface area contributed by atoms with Crippen LogP contribution in [0.15, 0.2) is 18.2 Å². The van der Waals surface area contributed by atoms with E-state index in [0.717, 1.165) is 25.9 Å². The number of rotatable bonds is 8. The van der Waals surface area contributed by atoms with Crippen molar-refractivity contribution in [3.63, 3.8) is 0 Å². The van der Waals surface area contributed by atoms with Gasteiger partial charge in [0.05, 0.1) is 16.2 Å². The minimum atomic E-state index is -0.300. The number of nitrogens with zero attached hydrogens (tertiary/aromatic N) is 1. The standard InChI is InChI=1S/C19H30Cl2N6O/c1-27(2)9-3-8-22-17-11-16(12-4-5-12)24-18(25-17)26-19(28)23-13-6-7-14(20)15(21)10-13/h6-7,10,12,16-18,22,24-25H,3-5,8-9,11H2,1-2H3,(H2,23,26,28). The Hall–Kier alpha value is -1.09. The molecule has 1 aromatic rings. The molecule has 9 heteroatoms. The molecular formula is C19H30Cl2N6O. The van der Waals surface area contributed by atoms with Crippen LogP contribution in [0.5, 0.6) is 0 Å². The van der Waals surface area contributed by atoms with Crippen molar-refractivity contribution in [1.82, 2.24) is 26.2 Å². The summed E-state index contributed by atoms with van der Waals surface area (Å²) >= 11 is 11.9. The maximum atomic E-state index is 12.4. The van der Waals surface area contributed by atoms with Crippen LogP contribution in [-0.2, 0) is 0 Å². The molecule has 2 fully saturated rings. The Bertz CT molecular complexity index is 670. The van der Waals surface area contributed by atoms with Crippen LogP contribution in [0.25, 0.3) is 0 Å². The number of halogens is 2. The second kappa shape index (κ2) is 10.1. The van der Waals surface area contributed by atoms with Gasteiger partial charge in [0.15, 0.2) is 0 Å². The van der Waals surface area contributed by atoms with Crippen molar-refractivity contribution in [3.05, 3.63) is 28.2 Å². The molecule has 156 valence electrons. The Morgan fingerprint density at radius 3 is 2.68 bits per heavy atom. The Morgan fingerprint density at radius 1 is 1.21 bits per heavy atom. The molecule has 0 spiro atoms. The Kier molecular flexibility index (Phi) is 7.79. The van der Waals surface area contributed by atoms with Gasteiger partial charge in [-0.05, 0) is 77.0 Å². The van der Waals surface area contributed by atoms with Crippen LogP contribution in [0.3, 0.4) is 0 Å². The lowest BCUT2D eigenvalue weighted by atomic mass is 10.0. The molecule has 1 saturated carbocycles. The molecule has 3 rings (SSSR count). The summed E-state index contributed by atoms with van der Waals surface area (Å²) in [5.41, 5.74) is 0.597. The van der Waals surface area contributed by atoms with Gasteiger partial charge in [-0.15, -0.1) is 0 Å². The van der Waals surface area contributed by atoms with Crippen LogP contribution < -0.4 is 26.6 Å². The van der Waals surface area contributed by atoms with Gasteiger partial charge in [-0.1, -0.05) is 23.2 Å². The van der Waals surface area contributed by atoms with Crippen molar-refractivity contribution in [2.75, 3.05) is 32.5 Å². The van der Waals surface area contributed by atoms with E-state index in [1.54, 1.807) is 18.2 Å². The van der Waals surface area contributed by atoms with Gasteiger partial charge < -0.3 is 20.9 Å². The minimum Gasteiger partial charge on any atom is -0.310 e. The van der Waals surface area contributed by atoms with Gasteiger partial charge in [0.1, 0.15) is 6.29 Å². The Labute approximate surface area is 176 Å². The first-order valence-corrected chi connectivity index (χ1v) is 10.6. The fraction of sp³-hybridized carbons (Fsp3) is 0.632. The van der Waals surface area contributed by atoms with Gasteiger partial charge in [0.25, 0.3) is 0 Å².